The largest absolute Gasteiger partial charge is 0.401 e. The highest BCUT2D eigenvalue weighted by Gasteiger charge is 2.33. The summed E-state index contributed by atoms with van der Waals surface area (Å²) in [7, 11) is 0. The monoisotopic (exact) mass is 327 g/mol. The van der Waals surface area contributed by atoms with Gasteiger partial charge < -0.3 is 0 Å². The Balaban J connectivity index is 1.87. The summed E-state index contributed by atoms with van der Waals surface area (Å²) in [4.78, 5) is 8.06. The Kier molecular flexibility index (Phi) is 5.28. The zero-order valence-electron chi connectivity index (χ0n) is 11.2. The summed E-state index contributed by atoms with van der Waals surface area (Å²) in [5, 5.41) is 2.91. The number of nitrogens with zero attached hydrogens (tertiary/aromatic N) is 3. The van der Waals surface area contributed by atoms with Crippen LogP contribution in [0.3, 0.4) is 0 Å². The van der Waals surface area contributed by atoms with Crippen LogP contribution in [0.15, 0.2) is 5.38 Å². The Bertz CT molecular complexity index is 430. The van der Waals surface area contributed by atoms with Gasteiger partial charge in [0, 0.05) is 31.6 Å². The normalized spacial score (nSPS) is 20.2. The van der Waals surface area contributed by atoms with Crippen LogP contribution in [0.5, 0.6) is 0 Å². The minimum atomic E-state index is -4.11. The van der Waals surface area contributed by atoms with Crippen molar-refractivity contribution in [2.24, 2.45) is 0 Å². The van der Waals surface area contributed by atoms with Crippen LogP contribution in [0, 0.1) is 0 Å². The van der Waals surface area contributed by atoms with Crippen molar-refractivity contribution in [3.05, 3.63) is 16.1 Å². The van der Waals surface area contributed by atoms with Crippen LogP contribution in [0.1, 0.15) is 23.7 Å². The van der Waals surface area contributed by atoms with E-state index < -0.39 is 12.7 Å². The Morgan fingerprint density at radius 1 is 1.35 bits per heavy atom. The summed E-state index contributed by atoms with van der Waals surface area (Å²) in [5.41, 5.74) is 0.856. The number of hydrogen-bond acceptors (Lipinski definition) is 4. The molecule has 114 valence electrons. The highest BCUT2D eigenvalue weighted by Crippen LogP contribution is 2.26. The van der Waals surface area contributed by atoms with Gasteiger partial charge in [-0.1, -0.05) is 0 Å². The van der Waals surface area contributed by atoms with Crippen molar-refractivity contribution in [1.82, 2.24) is 14.8 Å². The fraction of sp³-hybridized carbons (Fsp3) is 0.750. The van der Waals surface area contributed by atoms with E-state index in [4.69, 9.17) is 11.6 Å². The van der Waals surface area contributed by atoms with Gasteiger partial charge in [-0.15, -0.1) is 22.9 Å². The van der Waals surface area contributed by atoms with Crippen molar-refractivity contribution in [1.29, 1.82) is 0 Å². The van der Waals surface area contributed by atoms with Crippen molar-refractivity contribution in [2.75, 3.05) is 32.7 Å². The lowest BCUT2D eigenvalue weighted by Gasteiger charge is -2.37. The highest BCUT2D eigenvalue weighted by atomic mass is 35.5. The van der Waals surface area contributed by atoms with Gasteiger partial charge in [0.15, 0.2) is 0 Å². The number of piperazine rings is 1. The van der Waals surface area contributed by atoms with Crippen molar-refractivity contribution in [3.63, 3.8) is 0 Å². The predicted molar refractivity (Wildman–Crippen MR) is 74.2 cm³/mol. The van der Waals surface area contributed by atoms with Crippen LogP contribution >= 0.6 is 22.9 Å². The maximum absolute atomic E-state index is 12.3. The third-order valence-corrected chi connectivity index (χ3v) is 4.76. The number of hydrogen-bond donors (Lipinski definition) is 0. The van der Waals surface area contributed by atoms with Gasteiger partial charge in [0.05, 0.1) is 24.2 Å². The summed E-state index contributed by atoms with van der Waals surface area (Å²) in [6.07, 6.45) is -4.11. The minimum Gasteiger partial charge on any atom is -0.292 e. The topological polar surface area (TPSA) is 19.4 Å². The Morgan fingerprint density at radius 2 is 2.00 bits per heavy atom. The molecule has 1 unspecified atom stereocenters. The van der Waals surface area contributed by atoms with E-state index in [1.165, 1.54) is 4.90 Å². The quantitative estimate of drug-likeness (QED) is 0.792. The zero-order chi connectivity index (χ0) is 14.8. The summed E-state index contributed by atoms with van der Waals surface area (Å²) < 4.78 is 37.0. The lowest BCUT2D eigenvalue weighted by atomic mass is 10.2. The van der Waals surface area contributed by atoms with E-state index in [0.717, 1.165) is 10.7 Å². The van der Waals surface area contributed by atoms with Gasteiger partial charge in [0.2, 0.25) is 0 Å². The molecule has 1 aliphatic heterocycles. The molecule has 1 atom stereocenters. The molecule has 0 amide bonds. The summed E-state index contributed by atoms with van der Waals surface area (Å²) in [5.74, 6) is 0.391. The first-order valence-corrected chi connectivity index (χ1v) is 7.84. The second kappa shape index (κ2) is 6.60. The van der Waals surface area contributed by atoms with Crippen LogP contribution in [0.4, 0.5) is 13.2 Å². The third-order valence-electron chi connectivity index (χ3n) is 3.42. The van der Waals surface area contributed by atoms with Gasteiger partial charge in [-0.2, -0.15) is 13.2 Å². The van der Waals surface area contributed by atoms with E-state index in [2.05, 4.69) is 9.88 Å². The molecule has 0 radical (unpaired) electrons. The molecule has 0 saturated carbocycles. The number of thiazole rings is 1. The first kappa shape index (κ1) is 16.0. The van der Waals surface area contributed by atoms with Crippen LogP contribution in [0.25, 0.3) is 0 Å². The third kappa shape index (κ3) is 4.31. The van der Waals surface area contributed by atoms with Crippen molar-refractivity contribution in [3.8, 4) is 0 Å². The summed E-state index contributed by atoms with van der Waals surface area (Å²) in [6.45, 7) is 3.37. The van der Waals surface area contributed by atoms with Crippen LogP contribution in [-0.4, -0.2) is 53.7 Å². The lowest BCUT2D eigenvalue weighted by molar-refractivity contribution is -0.149. The Hall–Kier alpha value is -0.370. The molecular formula is C12H17ClF3N3S. The molecule has 0 aromatic carbocycles. The van der Waals surface area contributed by atoms with Gasteiger partial charge in [0.25, 0.3) is 0 Å². The molecule has 1 aromatic rings. The molecule has 0 bridgehead atoms. The molecule has 8 heteroatoms. The van der Waals surface area contributed by atoms with Crippen molar-refractivity contribution >= 4 is 22.9 Å². The molecular weight excluding hydrogens is 311 g/mol. The zero-order valence-corrected chi connectivity index (χ0v) is 12.7. The molecule has 1 saturated heterocycles. The molecule has 1 aliphatic rings. The van der Waals surface area contributed by atoms with E-state index in [9.17, 15) is 13.2 Å². The molecule has 2 heterocycles. The lowest BCUT2D eigenvalue weighted by Crippen LogP contribution is -2.49. The van der Waals surface area contributed by atoms with E-state index in [0.29, 0.717) is 32.1 Å². The number of aromatic nitrogens is 1. The van der Waals surface area contributed by atoms with Crippen LogP contribution in [-0.2, 0) is 5.88 Å². The fourth-order valence-electron chi connectivity index (χ4n) is 2.29. The van der Waals surface area contributed by atoms with Gasteiger partial charge >= 0.3 is 6.18 Å². The molecule has 0 aliphatic carbocycles. The highest BCUT2D eigenvalue weighted by molar-refractivity contribution is 7.09. The summed E-state index contributed by atoms with van der Waals surface area (Å²) >= 11 is 7.28. The number of alkyl halides is 4. The molecule has 3 nitrogen and oxygen atoms in total. The average Bonchev–Trinajstić information content (AvgIpc) is 2.85. The fourth-order valence-corrected chi connectivity index (χ4v) is 3.43. The van der Waals surface area contributed by atoms with E-state index >= 15 is 0 Å². The molecule has 1 fully saturated rings. The average molecular weight is 328 g/mol. The smallest absolute Gasteiger partial charge is 0.292 e. The minimum absolute atomic E-state index is 0.130. The van der Waals surface area contributed by atoms with Crippen molar-refractivity contribution in [2.45, 2.75) is 25.0 Å². The van der Waals surface area contributed by atoms with Gasteiger partial charge in [-0.25, -0.2) is 4.98 Å². The Morgan fingerprint density at radius 3 is 2.50 bits per heavy atom. The SMILES string of the molecule is CC(c1nc(CCl)cs1)N1CCN(CC(F)(F)F)CC1. The van der Waals surface area contributed by atoms with E-state index in [1.807, 2.05) is 12.3 Å². The van der Waals surface area contributed by atoms with E-state index in [1.54, 1.807) is 11.3 Å². The second-order valence-electron chi connectivity index (χ2n) is 4.91. The molecule has 20 heavy (non-hydrogen) atoms. The van der Waals surface area contributed by atoms with Crippen molar-refractivity contribution < 1.29 is 13.2 Å². The molecule has 0 spiro atoms. The Labute approximate surface area is 125 Å². The first-order valence-electron chi connectivity index (χ1n) is 6.42. The van der Waals surface area contributed by atoms with E-state index in [-0.39, 0.29) is 6.04 Å². The predicted octanol–water partition coefficient (Wildman–Crippen LogP) is 3.12. The first-order chi connectivity index (χ1) is 9.39. The second-order valence-corrected chi connectivity index (χ2v) is 6.07. The standard InChI is InChI=1S/C12H17ClF3N3S/c1-9(11-17-10(6-13)7-20-11)19-4-2-18(3-5-19)8-12(14,15)16/h7,9H,2-6,8H2,1H3. The van der Waals surface area contributed by atoms with Crippen LogP contribution in [0.2, 0.25) is 0 Å². The summed E-state index contributed by atoms with van der Waals surface area (Å²) in [6, 6.07) is 0.130. The van der Waals surface area contributed by atoms with Gasteiger partial charge in [0.1, 0.15) is 5.01 Å². The van der Waals surface area contributed by atoms with Gasteiger partial charge in [-0.3, -0.25) is 9.80 Å². The molecule has 1 aromatic heterocycles. The molecule has 2 rings (SSSR count). The van der Waals surface area contributed by atoms with Gasteiger partial charge in [-0.05, 0) is 6.92 Å². The number of rotatable bonds is 4. The maximum Gasteiger partial charge on any atom is 0.401 e. The molecule has 0 N–H and O–H groups in total. The van der Waals surface area contributed by atoms with Crippen LogP contribution < -0.4 is 0 Å². The number of halogens is 4. The maximum atomic E-state index is 12.3.